The third kappa shape index (κ3) is 4.73. The average Bonchev–Trinajstić information content (AvgIpc) is 3.16. The fraction of sp³-hybridized carbons (Fsp3) is 0.0435. The second-order valence-corrected chi connectivity index (χ2v) is 8.43. The van der Waals surface area contributed by atoms with Crippen molar-refractivity contribution >= 4 is 50.8 Å². The van der Waals surface area contributed by atoms with E-state index in [0.29, 0.717) is 5.02 Å². The molecule has 0 saturated carbocycles. The summed E-state index contributed by atoms with van der Waals surface area (Å²) in [4.78, 5) is 5.55. The predicted octanol–water partition coefficient (Wildman–Crippen LogP) is 6.76. The Kier molecular flexibility index (Phi) is 6.47. The van der Waals surface area contributed by atoms with Gasteiger partial charge in [0.1, 0.15) is 5.75 Å². The van der Waals surface area contributed by atoms with Gasteiger partial charge in [-0.2, -0.15) is 5.10 Å². The molecule has 4 nitrogen and oxygen atoms in total. The molecule has 4 aromatic rings. The smallest absolute Gasteiger partial charge is 0.211 e. The van der Waals surface area contributed by atoms with Crippen LogP contribution < -0.4 is 9.54 Å². The van der Waals surface area contributed by atoms with E-state index in [4.69, 9.17) is 26.4 Å². The normalized spacial score (nSPS) is 11.9. The van der Waals surface area contributed by atoms with E-state index >= 15 is 0 Å². The van der Waals surface area contributed by atoms with Crippen LogP contribution in [0, 0.1) is 0 Å². The highest BCUT2D eigenvalue weighted by Crippen LogP contribution is 2.24. The van der Waals surface area contributed by atoms with Crippen LogP contribution in [0.4, 0.5) is 5.69 Å². The summed E-state index contributed by atoms with van der Waals surface area (Å²) in [7, 11) is 1.65. The number of thiazole rings is 1. The van der Waals surface area contributed by atoms with Crippen molar-refractivity contribution in [3.63, 3.8) is 0 Å². The molecule has 0 aliphatic rings. The fourth-order valence-corrected chi connectivity index (χ4v) is 4.14. The summed E-state index contributed by atoms with van der Waals surface area (Å²) in [5.74, 6) is 0.793. The molecule has 4 rings (SSSR count). The zero-order chi connectivity index (χ0) is 20.9. The number of methoxy groups -OCH3 is 1. The summed E-state index contributed by atoms with van der Waals surface area (Å²) in [6, 6.07) is 23.3. The number of hydrogen-bond acceptors (Lipinski definition) is 4. The van der Waals surface area contributed by atoms with Gasteiger partial charge in [-0.25, -0.2) is 9.67 Å². The minimum atomic E-state index is 0.695. The minimum Gasteiger partial charge on any atom is -0.497 e. The molecule has 0 aliphatic heterocycles. The van der Waals surface area contributed by atoms with Crippen LogP contribution in [0.5, 0.6) is 5.75 Å². The highest BCUT2D eigenvalue weighted by Gasteiger charge is 2.08. The van der Waals surface area contributed by atoms with E-state index < -0.39 is 0 Å². The first kappa shape index (κ1) is 20.6. The average molecular weight is 499 g/mol. The van der Waals surface area contributed by atoms with E-state index in [9.17, 15) is 0 Å². The maximum absolute atomic E-state index is 6.07. The number of aromatic nitrogens is 1. The molecule has 3 aromatic carbocycles. The molecule has 0 spiro atoms. The molecule has 0 amide bonds. The third-order valence-corrected chi connectivity index (χ3v) is 6.13. The molecule has 0 bridgehead atoms. The largest absolute Gasteiger partial charge is 0.497 e. The van der Waals surface area contributed by atoms with Crippen LogP contribution in [-0.2, 0) is 0 Å². The summed E-state index contributed by atoms with van der Waals surface area (Å²) < 4.78 is 8.05. The van der Waals surface area contributed by atoms with Gasteiger partial charge in [-0.15, -0.1) is 11.3 Å². The highest BCUT2D eigenvalue weighted by molar-refractivity contribution is 9.10. The molecule has 0 N–H and O–H groups in total. The molecule has 1 aromatic heterocycles. The molecule has 150 valence electrons. The number of benzene rings is 3. The quantitative estimate of drug-likeness (QED) is 0.280. The summed E-state index contributed by atoms with van der Waals surface area (Å²) in [5.41, 5.74) is 3.75. The lowest BCUT2D eigenvalue weighted by Gasteiger charge is -2.04. The molecule has 1 heterocycles. The molecule has 0 unspecified atom stereocenters. The van der Waals surface area contributed by atoms with E-state index in [0.717, 1.165) is 37.5 Å². The SMILES string of the molecule is COc1ccc(N=c2scc(-c3ccc(Cl)cc3)n2N=Cc2ccccc2Br)cc1. The first-order valence-corrected chi connectivity index (χ1v) is 11.1. The van der Waals surface area contributed by atoms with Gasteiger partial charge in [0.2, 0.25) is 4.80 Å². The monoisotopic (exact) mass is 497 g/mol. The van der Waals surface area contributed by atoms with Crippen molar-refractivity contribution in [3.8, 4) is 17.0 Å². The van der Waals surface area contributed by atoms with Gasteiger partial charge in [0.05, 0.1) is 24.7 Å². The number of nitrogens with zero attached hydrogens (tertiary/aromatic N) is 3. The first-order chi connectivity index (χ1) is 14.6. The Labute approximate surface area is 191 Å². The van der Waals surface area contributed by atoms with Gasteiger partial charge >= 0.3 is 0 Å². The van der Waals surface area contributed by atoms with Crippen LogP contribution in [0.25, 0.3) is 11.3 Å². The third-order valence-electron chi connectivity index (χ3n) is 4.34. The van der Waals surface area contributed by atoms with Crippen molar-refractivity contribution in [1.82, 2.24) is 4.68 Å². The summed E-state index contributed by atoms with van der Waals surface area (Å²) >= 11 is 11.2. The standard InChI is InChI=1S/C23H17BrClN3OS/c1-29-20-12-10-19(11-13-20)27-23-28(26-14-17-4-2-3-5-21(17)24)22(15-30-23)16-6-8-18(25)9-7-16/h2-15H,1H3. The van der Waals surface area contributed by atoms with Crippen molar-refractivity contribution < 1.29 is 4.74 Å². The van der Waals surface area contributed by atoms with E-state index in [-0.39, 0.29) is 0 Å². The summed E-state index contributed by atoms with van der Waals surface area (Å²) in [5, 5.41) is 7.49. The van der Waals surface area contributed by atoms with Gasteiger partial charge in [0.15, 0.2) is 0 Å². The molecule has 0 aliphatic carbocycles. The van der Waals surface area contributed by atoms with Gasteiger partial charge in [0, 0.05) is 26.0 Å². The zero-order valence-electron chi connectivity index (χ0n) is 16.0. The number of halogens is 2. The number of hydrogen-bond donors (Lipinski definition) is 0. The van der Waals surface area contributed by atoms with Crippen molar-refractivity contribution in [2.75, 3.05) is 7.11 Å². The number of ether oxygens (including phenoxy) is 1. The van der Waals surface area contributed by atoms with Crippen LogP contribution in [0.15, 0.2) is 92.7 Å². The molecule has 30 heavy (non-hydrogen) atoms. The van der Waals surface area contributed by atoms with Crippen LogP contribution in [0.3, 0.4) is 0 Å². The second kappa shape index (κ2) is 9.43. The first-order valence-electron chi connectivity index (χ1n) is 9.08. The van der Waals surface area contributed by atoms with Gasteiger partial charge < -0.3 is 4.74 Å². The van der Waals surface area contributed by atoms with E-state index in [1.165, 1.54) is 11.3 Å². The Morgan fingerprint density at radius 3 is 2.43 bits per heavy atom. The van der Waals surface area contributed by atoms with Gasteiger partial charge in [-0.05, 0) is 42.5 Å². The zero-order valence-corrected chi connectivity index (χ0v) is 19.2. The van der Waals surface area contributed by atoms with E-state index in [2.05, 4.69) is 15.9 Å². The summed E-state index contributed by atoms with van der Waals surface area (Å²) in [6.07, 6.45) is 1.82. The topological polar surface area (TPSA) is 38.9 Å². The lowest BCUT2D eigenvalue weighted by Crippen LogP contribution is -2.11. The lowest BCUT2D eigenvalue weighted by atomic mass is 10.2. The summed E-state index contributed by atoms with van der Waals surface area (Å²) in [6.45, 7) is 0. The van der Waals surface area contributed by atoms with Crippen molar-refractivity contribution in [2.24, 2.45) is 10.1 Å². The van der Waals surface area contributed by atoms with Crippen LogP contribution in [0.1, 0.15) is 5.56 Å². The highest BCUT2D eigenvalue weighted by atomic mass is 79.9. The molecular weight excluding hydrogens is 482 g/mol. The molecule has 0 radical (unpaired) electrons. The molecular formula is C23H17BrClN3OS. The van der Waals surface area contributed by atoms with Crippen LogP contribution in [-0.4, -0.2) is 18.0 Å². The van der Waals surface area contributed by atoms with Gasteiger partial charge in [-0.1, -0.05) is 57.9 Å². The molecule has 7 heteroatoms. The molecule has 0 saturated heterocycles. The lowest BCUT2D eigenvalue weighted by molar-refractivity contribution is 0.415. The Hall–Kier alpha value is -2.67. The van der Waals surface area contributed by atoms with Crippen LogP contribution in [0.2, 0.25) is 5.02 Å². The maximum atomic E-state index is 6.07. The van der Waals surface area contributed by atoms with Crippen molar-refractivity contribution in [1.29, 1.82) is 0 Å². The van der Waals surface area contributed by atoms with Gasteiger partial charge in [0.25, 0.3) is 0 Å². The number of rotatable bonds is 5. The maximum Gasteiger partial charge on any atom is 0.211 e. The van der Waals surface area contributed by atoms with E-state index in [1.807, 2.05) is 89.1 Å². The van der Waals surface area contributed by atoms with E-state index in [1.54, 1.807) is 7.11 Å². The Morgan fingerprint density at radius 2 is 1.73 bits per heavy atom. The van der Waals surface area contributed by atoms with Crippen LogP contribution >= 0.6 is 38.9 Å². The Balaban J connectivity index is 1.82. The van der Waals surface area contributed by atoms with Gasteiger partial charge in [-0.3, -0.25) is 0 Å². The Bertz CT molecular complexity index is 1240. The second-order valence-electron chi connectivity index (χ2n) is 6.30. The fourth-order valence-electron chi connectivity index (χ4n) is 2.77. The van der Waals surface area contributed by atoms with Crippen molar-refractivity contribution in [3.05, 3.63) is 98.0 Å². The molecule has 0 atom stereocenters. The van der Waals surface area contributed by atoms with Crippen molar-refractivity contribution in [2.45, 2.75) is 0 Å². The molecule has 0 fully saturated rings. The minimum absolute atomic E-state index is 0.695. The predicted molar refractivity (Wildman–Crippen MR) is 128 cm³/mol. The Morgan fingerprint density at radius 1 is 1.00 bits per heavy atom.